The number of para-hydroxylation sites is 1. The Morgan fingerprint density at radius 1 is 1.07 bits per heavy atom. The van der Waals surface area contributed by atoms with Crippen molar-refractivity contribution in [2.24, 2.45) is 39.7 Å². The Morgan fingerprint density at radius 2 is 1.88 bits per heavy atom. The van der Waals surface area contributed by atoms with Crippen LogP contribution >= 0.6 is 0 Å². The molecule has 0 radical (unpaired) electrons. The van der Waals surface area contributed by atoms with Crippen LogP contribution in [0.25, 0.3) is 10.9 Å². The third-order valence-electron chi connectivity index (χ3n) is 11.8. The number of esters is 1. The van der Waals surface area contributed by atoms with E-state index in [-0.39, 0.29) is 23.4 Å². The summed E-state index contributed by atoms with van der Waals surface area (Å²) in [5.41, 5.74) is 4.56. The molecule has 3 saturated carbocycles. The molecular formula is C35H45N3O5. The summed E-state index contributed by atoms with van der Waals surface area (Å²) in [4.78, 5) is 46.4. The van der Waals surface area contributed by atoms with Gasteiger partial charge in [0.1, 0.15) is 11.8 Å². The number of Topliss-reactive ketones (excluding diaryl/α,β-unsaturated/α-hetero) is 1. The number of carbonyl (C=O) groups excluding carboxylic acids is 3. The number of nitrogens with zero attached hydrogens (tertiary/aromatic N) is 1. The van der Waals surface area contributed by atoms with Crippen LogP contribution in [0.5, 0.6) is 0 Å². The zero-order chi connectivity index (χ0) is 30.4. The van der Waals surface area contributed by atoms with Crippen molar-refractivity contribution in [3.8, 4) is 0 Å². The van der Waals surface area contributed by atoms with Gasteiger partial charge >= 0.3 is 5.97 Å². The number of aromatic amines is 1. The van der Waals surface area contributed by atoms with Gasteiger partial charge in [-0.25, -0.2) is 4.79 Å². The van der Waals surface area contributed by atoms with Crippen LogP contribution in [-0.2, 0) is 30.4 Å². The quantitative estimate of drug-likeness (QED) is 0.295. The Labute approximate surface area is 254 Å². The van der Waals surface area contributed by atoms with Gasteiger partial charge in [-0.2, -0.15) is 0 Å². The topological polar surface area (TPSA) is 110 Å². The van der Waals surface area contributed by atoms with Crippen molar-refractivity contribution in [3.05, 3.63) is 47.7 Å². The molecule has 1 aromatic carbocycles. The number of nitrogens with one attached hydrogen (secondary N) is 2. The van der Waals surface area contributed by atoms with Crippen LogP contribution in [0.1, 0.15) is 77.7 Å². The van der Waals surface area contributed by atoms with Gasteiger partial charge in [0.25, 0.3) is 5.91 Å². The number of H-pyrrole nitrogens is 1. The third-order valence-corrected chi connectivity index (χ3v) is 11.8. The first-order chi connectivity index (χ1) is 20.6. The molecule has 5 unspecified atom stereocenters. The molecule has 8 nitrogen and oxygen atoms in total. The second-order valence-corrected chi connectivity index (χ2v) is 13.9. The number of aromatic nitrogens is 1. The third kappa shape index (κ3) is 5.31. The van der Waals surface area contributed by atoms with E-state index >= 15 is 0 Å². The van der Waals surface area contributed by atoms with E-state index in [1.54, 1.807) is 6.92 Å². The van der Waals surface area contributed by atoms with Crippen molar-refractivity contribution in [1.82, 2.24) is 10.3 Å². The van der Waals surface area contributed by atoms with Gasteiger partial charge in [-0.3, -0.25) is 9.59 Å². The van der Waals surface area contributed by atoms with Crippen LogP contribution in [0.15, 0.2) is 47.3 Å². The number of carbonyl (C=O) groups is 3. The average molecular weight is 588 g/mol. The van der Waals surface area contributed by atoms with Crippen LogP contribution in [0.2, 0.25) is 0 Å². The normalized spacial score (nSPS) is 33.1. The molecule has 2 N–H and O–H groups in total. The van der Waals surface area contributed by atoms with E-state index in [1.807, 2.05) is 30.5 Å². The minimum Gasteiger partial charge on any atom is -0.467 e. The molecule has 8 heteroatoms. The molecule has 230 valence electrons. The monoisotopic (exact) mass is 587 g/mol. The van der Waals surface area contributed by atoms with Gasteiger partial charge in [0.15, 0.2) is 6.61 Å². The first-order valence-electron chi connectivity index (χ1n) is 16.0. The lowest BCUT2D eigenvalue weighted by Gasteiger charge is -2.58. The molecule has 0 bridgehead atoms. The van der Waals surface area contributed by atoms with Gasteiger partial charge < -0.3 is 19.9 Å². The molecular weight excluding hydrogens is 542 g/mol. The maximum absolute atomic E-state index is 12.8. The summed E-state index contributed by atoms with van der Waals surface area (Å²) in [6.45, 7) is 6.37. The number of hydrogen-bond acceptors (Lipinski definition) is 6. The summed E-state index contributed by atoms with van der Waals surface area (Å²) >= 11 is 0. The second-order valence-electron chi connectivity index (χ2n) is 13.9. The molecule has 3 fully saturated rings. The SMILES string of the molecule is COC(=O)C(Cc1c[nH]c2ccccc12)NC(=O)CON=C1C=C2CCC3C4CCC(C(C)=O)[C@@]4(C)CCC3[C@@]2(C)CC1. The van der Waals surface area contributed by atoms with Gasteiger partial charge in [0.2, 0.25) is 0 Å². The van der Waals surface area contributed by atoms with E-state index in [0.29, 0.717) is 30.0 Å². The number of allylic oxidation sites excluding steroid dienone is 2. The predicted octanol–water partition coefficient (Wildman–Crippen LogP) is 5.91. The molecule has 4 aliphatic carbocycles. The zero-order valence-corrected chi connectivity index (χ0v) is 25.9. The number of oxime groups is 1. The molecule has 0 saturated heterocycles. The fourth-order valence-electron chi connectivity index (χ4n) is 9.58. The summed E-state index contributed by atoms with van der Waals surface area (Å²) in [7, 11) is 1.32. The van der Waals surface area contributed by atoms with Gasteiger partial charge in [0, 0.05) is 29.4 Å². The molecule has 43 heavy (non-hydrogen) atoms. The van der Waals surface area contributed by atoms with Gasteiger partial charge in [-0.05, 0) is 105 Å². The fraction of sp³-hybridized carbons (Fsp3) is 0.600. The highest BCUT2D eigenvalue weighted by Gasteiger charge is 2.59. The maximum Gasteiger partial charge on any atom is 0.328 e. The minimum atomic E-state index is -0.830. The van der Waals surface area contributed by atoms with Crippen LogP contribution in [0, 0.1) is 34.5 Å². The predicted molar refractivity (Wildman–Crippen MR) is 165 cm³/mol. The van der Waals surface area contributed by atoms with Crippen molar-refractivity contribution >= 4 is 34.3 Å². The van der Waals surface area contributed by atoms with Gasteiger partial charge in [-0.1, -0.05) is 42.8 Å². The molecule has 6 rings (SSSR count). The molecule has 0 spiro atoms. The van der Waals surface area contributed by atoms with Crippen molar-refractivity contribution in [2.45, 2.75) is 84.6 Å². The molecule has 2 aromatic rings. The maximum atomic E-state index is 12.8. The van der Waals surface area contributed by atoms with Gasteiger partial charge in [-0.15, -0.1) is 0 Å². The molecule has 1 amide bonds. The molecule has 4 aliphatic rings. The van der Waals surface area contributed by atoms with Crippen molar-refractivity contribution in [3.63, 3.8) is 0 Å². The van der Waals surface area contributed by atoms with Crippen LogP contribution in [-0.4, -0.2) is 48.1 Å². The molecule has 7 atom stereocenters. The van der Waals surface area contributed by atoms with E-state index in [0.717, 1.165) is 54.3 Å². The van der Waals surface area contributed by atoms with E-state index in [9.17, 15) is 14.4 Å². The Balaban J connectivity index is 1.07. The number of ether oxygens (including phenoxy) is 1. The first-order valence-corrected chi connectivity index (χ1v) is 16.0. The van der Waals surface area contributed by atoms with E-state index < -0.39 is 17.9 Å². The number of amides is 1. The second kappa shape index (κ2) is 11.6. The molecule has 1 aromatic heterocycles. The Kier molecular flexibility index (Phi) is 7.99. The smallest absolute Gasteiger partial charge is 0.328 e. The lowest BCUT2D eigenvalue weighted by Crippen LogP contribution is -2.51. The summed E-state index contributed by atoms with van der Waals surface area (Å²) in [5.74, 6) is 1.69. The largest absolute Gasteiger partial charge is 0.467 e. The van der Waals surface area contributed by atoms with E-state index in [4.69, 9.17) is 9.57 Å². The van der Waals surface area contributed by atoms with E-state index in [1.165, 1.54) is 31.9 Å². The highest BCUT2D eigenvalue weighted by Crippen LogP contribution is 2.66. The number of fused-ring (bicyclic) bond motifs is 6. The number of rotatable bonds is 8. The van der Waals surface area contributed by atoms with Crippen molar-refractivity contribution in [2.75, 3.05) is 13.7 Å². The summed E-state index contributed by atoms with van der Waals surface area (Å²) < 4.78 is 4.96. The standard InChI is InChI=1S/C35H45N3O5/c1-21(39)27-11-12-28-26-10-9-23-18-24(13-15-34(23,2)29(26)14-16-35(27,28)3)38-43-20-32(40)37-31(33(41)42-4)17-22-19-36-30-8-6-5-7-25(22)30/h5-8,18-19,26-29,31,36H,9-17,20H2,1-4H3,(H,37,40)/t26?,27?,28?,29?,31?,34-,35+/m0/s1. The minimum absolute atomic E-state index is 0.158. The van der Waals surface area contributed by atoms with Gasteiger partial charge in [0.05, 0.1) is 12.8 Å². The Bertz CT molecular complexity index is 1470. The molecule has 0 aliphatic heterocycles. The fourth-order valence-corrected chi connectivity index (χ4v) is 9.58. The number of methoxy groups -OCH3 is 1. The average Bonchev–Trinajstić information content (AvgIpc) is 3.57. The van der Waals surface area contributed by atoms with Crippen LogP contribution in [0.3, 0.4) is 0 Å². The zero-order valence-electron chi connectivity index (χ0n) is 25.9. The lowest BCUT2D eigenvalue weighted by molar-refractivity contribution is -0.145. The lowest BCUT2D eigenvalue weighted by atomic mass is 9.46. The Hall–Kier alpha value is -3.42. The summed E-state index contributed by atoms with van der Waals surface area (Å²) in [5, 5.41) is 8.12. The highest BCUT2D eigenvalue weighted by atomic mass is 16.6. The van der Waals surface area contributed by atoms with E-state index in [2.05, 4.69) is 35.4 Å². The number of benzene rings is 1. The summed E-state index contributed by atoms with van der Waals surface area (Å²) in [6.07, 6.45) is 13.1. The Morgan fingerprint density at radius 3 is 2.67 bits per heavy atom. The molecule has 1 heterocycles. The van der Waals surface area contributed by atoms with Crippen molar-refractivity contribution in [1.29, 1.82) is 0 Å². The van der Waals surface area contributed by atoms with Crippen LogP contribution in [0.4, 0.5) is 0 Å². The number of hydrogen-bond donors (Lipinski definition) is 2. The van der Waals surface area contributed by atoms with Crippen LogP contribution < -0.4 is 5.32 Å². The summed E-state index contributed by atoms with van der Waals surface area (Å²) in [6, 6.07) is 7.01. The van der Waals surface area contributed by atoms with Crippen molar-refractivity contribution < 1.29 is 24.0 Å². The highest BCUT2D eigenvalue weighted by molar-refractivity contribution is 5.96. The number of ketones is 1. The first kappa shape index (κ1) is 29.6.